The third kappa shape index (κ3) is 3.54. The van der Waals surface area contributed by atoms with Crippen LogP contribution in [0.1, 0.15) is 34.2 Å². The highest BCUT2D eigenvalue weighted by Crippen LogP contribution is 2.36. The molecule has 1 aliphatic rings. The Morgan fingerprint density at radius 2 is 1.84 bits per heavy atom. The average molecular weight is 427 g/mol. The van der Waals surface area contributed by atoms with Gasteiger partial charge in [-0.3, -0.25) is 4.98 Å². The topological polar surface area (TPSA) is 50.9 Å². The molecule has 2 aromatic heterocycles. The Bertz CT molecular complexity index is 1280. The molecule has 1 unspecified atom stereocenters. The van der Waals surface area contributed by atoms with Crippen LogP contribution >= 0.6 is 0 Å². The lowest BCUT2D eigenvalue weighted by Crippen LogP contribution is -2.31. The van der Waals surface area contributed by atoms with E-state index in [1.807, 2.05) is 41.3 Å². The molecule has 0 fully saturated rings. The summed E-state index contributed by atoms with van der Waals surface area (Å²) < 4.78 is 20.2. The van der Waals surface area contributed by atoms with Crippen LogP contribution in [0.4, 0.5) is 4.39 Å². The molecule has 32 heavy (non-hydrogen) atoms. The van der Waals surface area contributed by atoms with Crippen LogP contribution < -0.4 is 0 Å². The van der Waals surface area contributed by atoms with Gasteiger partial charge in [-0.25, -0.2) is 4.39 Å². The minimum atomic E-state index is -0.441. The first-order valence-corrected chi connectivity index (χ1v) is 10.4. The molecule has 0 aliphatic carbocycles. The monoisotopic (exact) mass is 427 g/mol. The van der Waals surface area contributed by atoms with E-state index in [9.17, 15) is 4.39 Å². The Labute approximate surface area is 185 Å². The van der Waals surface area contributed by atoms with Gasteiger partial charge in [-0.1, -0.05) is 41.6 Å². The van der Waals surface area contributed by atoms with Crippen molar-refractivity contribution in [2.75, 3.05) is 0 Å². The summed E-state index contributed by atoms with van der Waals surface area (Å²) in [6.45, 7) is 4.56. The van der Waals surface area contributed by atoms with Crippen molar-refractivity contribution in [3.63, 3.8) is 0 Å². The normalized spacial score (nSPS) is 15.5. The number of aromatic nitrogens is 1. The summed E-state index contributed by atoms with van der Waals surface area (Å²) in [5.74, 6) is 0.919. The van der Waals surface area contributed by atoms with Gasteiger partial charge in [0.2, 0.25) is 12.1 Å². The highest BCUT2D eigenvalue weighted by Gasteiger charge is 2.35. The smallest absolute Gasteiger partial charge is 0.227 e. The largest absolute Gasteiger partial charge is 0.461 e. The van der Waals surface area contributed by atoms with Gasteiger partial charge in [0.1, 0.15) is 5.82 Å². The maximum Gasteiger partial charge on any atom is 0.227 e. The standard InChI is InChI=1S/C26H22FN3O2/c1-17-7-5-9-20(18(17)2)26-30(25(29-32-26)24-11-6-14-31-24)16-19-15-28-13-12-21(19)22-8-3-4-10-23(22)27/h3-15,26H,16H2,1-2H3. The van der Waals surface area contributed by atoms with E-state index in [0.29, 0.717) is 23.7 Å². The number of rotatable bonds is 5. The predicted octanol–water partition coefficient (Wildman–Crippen LogP) is 5.99. The van der Waals surface area contributed by atoms with Gasteiger partial charge >= 0.3 is 0 Å². The molecule has 2 aromatic carbocycles. The lowest BCUT2D eigenvalue weighted by Gasteiger charge is -2.27. The van der Waals surface area contributed by atoms with Crippen LogP contribution in [0.15, 0.2) is 88.9 Å². The van der Waals surface area contributed by atoms with E-state index in [2.05, 4.69) is 30.1 Å². The van der Waals surface area contributed by atoms with Crippen molar-refractivity contribution in [2.24, 2.45) is 5.16 Å². The van der Waals surface area contributed by atoms with E-state index in [0.717, 1.165) is 22.3 Å². The van der Waals surface area contributed by atoms with Crippen LogP contribution in [0.5, 0.6) is 0 Å². The van der Waals surface area contributed by atoms with Crippen molar-refractivity contribution >= 4 is 5.84 Å². The van der Waals surface area contributed by atoms with Crippen LogP contribution in [0.2, 0.25) is 0 Å². The molecular weight excluding hydrogens is 405 g/mol. The number of nitrogens with zero attached hydrogens (tertiary/aromatic N) is 3. The number of pyridine rings is 1. The summed E-state index contributed by atoms with van der Waals surface area (Å²) in [5, 5.41) is 4.36. The van der Waals surface area contributed by atoms with Gasteiger partial charge in [-0.2, -0.15) is 0 Å². The number of amidine groups is 1. The summed E-state index contributed by atoms with van der Waals surface area (Å²) in [6, 6.07) is 18.4. The van der Waals surface area contributed by atoms with E-state index < -0.39 is 6.23 Å². The molecule has 0 N–H and O–H groups in total. The molecule has 0 amide bonds. The molecule has 5 rings (SSSR count). The number of hydrogen-bond donors (Lipinski definition) is 0. The molecule has 5 nitrogen and oxygen atoms in total. The second-order valence-corrected chi connectivity index (χ2v) is 7.78. The van der Waals surface area contributed by atoms with Gasteiger partial charge in [-0.05, 0) is 60.4 Å². The Morgan fingerprint density at radius 1 is 0.969 bits per heavy atom. The van der Waals surface area contributed by atoms with Gasteiger partial charge in [-0.15, -0.1) is 0 Å². The van der Waals surface area contributed by atoms with E-state index in [1.165, 1.54) is 11.6 Å². The quantitative estimate of drug-likeness (QED) is 0.393. The van der Waals surface area contributed by atoms with Crippen molar-refractivity contribution in [1.29, 1.82) is 0 Å². The number of oxime groups is 1. The van der Waals surface area contributed by atoms with Gasteiger partial charge in [0.15, 0.2) is 5.76 Å². The zero-order chi connectivity index (χ0) is 22.1. The highest BCUT2D eigenvalue weighted by molar-refractivity contribution is 5.97. The molecule has 0 saturated carbocycles. The molecule has 6 heteroatoms. The third-order valence-corrected chi connectivity index (χ3v) is 5.86. The molecule has 0 radical (unpaired) electrons. The van der Waals surface area contributed by atoms with Crippen molar-refractivity contribution in [3.05, 3.63) is 113 Å². The summed E-state index contributed by atoms with van der Waals surface area (Å²) in [4.78, 5) is 12.3. The minimum Gasteiger partial charge on any atom is -0.461 e. The SMILES string of the molecule is Cc1cccc(C2ON=C(c3ccco3)N2Cc2cnccc2-c2ccccc2F)c1C. The fourth-order valence-electron chi connectivity index (χ4n) is 4.02. The summed E-state index contributed by atoms with van der Waals surface area (Å²) in [7, 11) is 0. The number of benzene rings is 2. The van der Waals surface area contributed by atoms with Gasteiger partial charge in [0.05, 0.1) is 12.8 Å². The van der Waals surface area contributed by atoms with Crippen LogP contribution in [0, 0.1) is 19.7 Å². The molecule has 4 aromatic rings. The Morgan fingerprint density at radius 3 is 2.66 bits per heavy atom. The molecule has 0 saturated heterocycles. The lowest BCUT2D eigenvalue weighted by atomic mass is 9.99. The molecule has 1 aliphatic heterocycles. The summed E-state index contributed by atoms with van der Waals surface area (Å²) in [5.41, 5.74) is 5.50. The molecule has 0 spiro atoms. The number of furan rings is 1. The average Bonchev–Trinajstić information content (AvgIpc) is 3.47. The maximum absolute atomic E-state index is 14.6. The van der Waals surface area contributed by atoms with E-state index in [1.54, 1.807) is 30.8 Å². The molecule has 160 valence electrons. The predicted molar refractivity (Wildman–Crippen MR) is 120 cm³/mol. The molecule has 0 bridgehead atoms. The second-order valence-electron chi connectivity index (χ2n) is 7.78. The Hall–Kier alpha value is -3.93. The van der Waals surface area contributed by atoms with Gasteiger partial charge in [0, 0.05) is 23.5 Å². The fraction of sp³-hybridized carbons (Fsp3) is 0.154. The number of aryl methyl sites for hydroxylation is 1. The highest BCUT2D eigenvalue weighted by atomic mass is 19.1. The van der Waals surface area contributed by atoms with Crippen LogP contribution in [0.3, 0.4) is 0 Å². The molecule has 3 heterocycles. The lowest BCUT2D eigenvalue weighted by molar-refractivity contribution is 0.00527. The first-order chi connectivity index (χ1) is 15.6. The molecular formula is C26H22FN3O2. The second kappa shape index (κ2) is 8.30. The number of halogens is 1. The van der Waals surface area contributed by atoms with Gasteiger partial charge in [0.25, 0.3) is 0 Å². The zero-order valence-corrected chi connectivity index (χ0v) is 17.8. The van der Waals surface area contributed by atoms with Crippen molar-refractivity contribution < 1.29 is 13.6 Å². The first-order valence-electron chi connectivity index (χ1n) is 10.4. The van der Waals surface area contributed by atoms with Crippen LogP contribution in [0.25, 0.3) is 11.1 Å². The van der Waals surface area contributed by atoms with Crippen molar-refractivity contribution in [1.82, 2.24) is 9.88 Å². The zero-order valence-electron chi connectivity index (χ0n) is 17.8. The number of hydrogen-bond acceptors (Lipinski definition) is 5. The van der Waals surface area contributed by atoms with E-state index in [4.69, 9.17) is 9.25 Å². The minimum absolute atomic E-state index is 0.274. The first kappa shape index (κ1) is 20.0. The maximum atomic E-state index is 14.6. The molecule has 1 atom stereocenters. The van der Waals surface area contributed by atoms with E-state index >= 15 is 0 Å². The van der Waals surface area contributed by atoms with Gasteiger partial charge < -0.3 is 14.2 Å². The fourth-order valence-corrected chi connectivity index (χ4v) is 4.02. The Kier molecular flexibility index (Phi) is 5.19. The van der Waals surface area contributed by atoms with Crippen molar-refractivity contribution in [2.45, 2.75) is 26.6 Å². The van der Waals surface area contributed by atoms with Crippen LogP contribution in [-0.2, 0) is 11.4 Å². The third-order valence-electron chi connectivity index (χ3n) is 5.86. The van der Waals surface area contributed by atoms with Crippen molar-refractivity contribution in [3.8, 4) is 11.1 Å². The summed E-state index contributed by atoms with van der Waals surface area (Å²) >= 11 is 0. The summed E-state index contributed by atoms with van der Waals surface area (Å²) in [6.07, 6.45) is 4.61. The van der Waals surface area contributed by atoms with E-state index in [-0.39, 0.29) is 5.82 Å². The Balaban J connectivity index is 1.58. The van der Waals surface area contributed by atoms with Crippen LogP contribution in [-0.4, -0.2) is 15.7 Å².